The van der Waals surface area contributed by atoms with Crippen molar-refractivity contribution in [1.29, 1.82) is 0 Å². The highest BCUT2D eigenvalue weighted by Gasteiger charge is 2.31. The van der Waals surface area contributed by atoms with Gasteiger partial charge in [0.15, 0.2) is 0 Å². The van der Waals surface area contributed by atoms with Gasteiger partial charge in [0.2, 0.25) is 15.9 Å². The maximum atomic E-state index is 12.6. The van der Waals surface area contributed by atoms with Gasteiger partial charge in [-0.2, -0.15) is 4.31 Å². The van der Waals surface area contributed by atoms with Crippen molar-refractivity contribution in [2.24, 2.45) is 5.92 Å². The minimum atomic E-state index is -3.48. The molecule has 27 heavy (non-hydrogen) atoms. The van der Waals surface area contributed by atoms with Crippen LogP contribution in [0.3, 0.4) is 0 Å². The molecule has 0 unspecified atom stereocenters. The molecule has 1 amide bonds. The number of piperidine rings is 1. The highest BCUT2D eigenvalue weighted by molar-refractivity contribution is 7.89. The number of amides is 1. The summed E-state index contributed by atoms with van der Waals surface area (Å²) in [4.78, 5) is 12.6. The molecule has 0 radical (unpaired) electrons. The van der Waals surface area contributed by atoms with Gasteiger partial charge in [-0.3, -0.25) is 4.79 Å². The lowest BCUT2D eigenvalue weighted by Crippen LogP contribution is -2.43. The quantitative estimate of drug-likeness (QED) is 0.739. The first-order valence-corrected chi connectivity index (χ1v) is 10.5. The third kappa shape index (κ3) is 5.08. The van der Waals surface area contributed by atoms with Crippen LogP contribution >= 0.6 is 0 Å². The Hall–Kier alpha value is -2.38. The van der Waals surface area contributed by atoms with Gasteiger partial charge in [-0.1, -0.05) is 36.4 Å². The van der Waals surface area contributed by atoms with Crippen molar-refractivity contribution >= 4 is 15.9 Å². The van der Waals surface area contributed by atoms with E-state index in [-0.39, 0.29) is 11.8 Å². The van der Waals surface area contributed by atoms with E-state index in [4.69, 9.17) is 4.74 Å². The first kappa shape index (κ1) is 19.4. The van der Waals surface area contributed by atoms with Gasteiger partial charge in [0, 0.05) is 19.0 Å². The van der Waals surface area contributed by atoms with Crippen LogP contribution < -0.4 is 10.1 Å². The Kier molecular flexibility index (Phi) is 6.47. The smallest absolute Gasteiger partial charge is 0.243 e. The fourth-order valence-corrected chi connectivity index (χ4v) is 4.59. The summed E-state index contributed by atoms with van der Waals surface area (Å²) in [6, 6.07) is 17.8. The molecule has 1 fully saturated rings. The van der Waals surface area contributed by atoms with Gasteiger partial charge in [-0.15, -0.1) is 0 Å². The molecule has 2 aromatic carbocycles. The minimum Gasteiger partial charge on any atom is -0.492 e. The van der Waals surface area contributed by atoms with E-state index in [2.05, 4.69) is 5.32 Å². The molecule has 1 saturated heterocycles. The van der Waals surface area contributed by atoms with Crippen LogP contribution in [0.4, 0.5) is 0 Å². The second-order valence-corrected chi connectivity index (χ2v) is 8.38. The number of hydrogen-bond acceptors (Lipinski definition) is 4. The zero-order chi connectivity index (χ0) is 19.1. The summed E-state index contributed by atoms with van der Waals surface area (Å²) in [6.07, 6.45) is 1.05. The van der Waals surface area contributed by atoms with Gasteiger partial charge in [-0.25, -0.2) is 8.42 Å². The summed E-state index contributed by atoms with van der Waals surface area (Å²) >= 11 is 0. The predicted octanol–water partition coefficient (Wildman–Crippen LogP) is 2.28. The van der Waals surface area contributed by atoms with Gasteiger partial charge in [0.1, 0.15) is 12.4 Å². The molecule has 7 heteroatoms. The fraction of sp³-hybridized carbons (Fsp3) is 0.350. The third-order valence-electron chi connectivity index (χ3n) is 4.62. The Labute approximate surface area is 160 Å². The second kappa shape index (κ2) is 9.01. The van der Waals surface area contributed by atoms with E-state index >= 15 is 0 Å². The second-order valence-electron chi connectivity index (χ2n) is 6.44. The van der Waals surface area contributed by atoms with Crippen LogP contribution in [0.15, 0.2) is 65.6 Å². The van der Waals surface area contributed by atoms with Crippen LogP contribution in [-0.4, -0.2) is 44.9 Å². The molecule has 0 aromatic heterocycles. The number of hydrogen-bond donors (Lipinski definition) is 1. The average molecular weight is 388 g/mol. The van der Waals surface area contributed by atoms with Gasteiger partial charge in [0.05, 0.1) is 11.4 Å². The van der Waals surface area contributed by atoms with Crippen molar-refractivity contribution < 1.29 is 17.9 Å². The van der Waals surface area contributed by atoms with Crippen LogP contribution in [-0.2, 0) is 14.8 Å². The minimum absolute atomic E-state index is 0.0385. The molecular formula is C20H24N2O4S. The van der Waals surface area contributed by atoms with Crippen LogP contribution in [0, 0.1) is 5.92 Å². The van der Waals surface area contributed by atoms with Crippen LogP contribution in [0.25, 0.3) is 0 Å². The summed E-state index contributed by atoms with van der Waals surface area (Å²) in [5, 5.41) is 2.88. The molecule has 1 aliphatic heterocycles. The van der Waals surface area contributed by atoms with Crippen molar-refractivity contribution in [2.45, 2.75) is 17.7 Å². The Morgan fingerprint density at radius 2 is 1.59 bits per heavy atom. The summed E-state index contributed by atoms with van der Waals surface area (Å²) in [7, 11) is -3.48. The van der Waals surface area contributed by atoms with E-state index in [1.165, 1.54) is 4.31 Å². The lowest BCUT2D eigenvalue weighted by Gasteiger charge is -2.30. The molecule has 3 rings (SSSR count). The Morgan fingerprint density at radius 1 is 1.00 bits per heavy atom. The van der Waals surface area contributed by atoms with Crippen molar-refractivity contribution in [3.8, 4) is 5.75 Å². The first-order valence-electron chi connectivity index (χ1n) is 9.08. The zero-order valence-electron chi connectivity index (χ0n) is 15.1. The molecule has 6 nitrogen and oxygen atoms in total. The summed E-state index contributed by atoms with van der Waals surface area (Å²) in [5.74, 6) is 0.568. The Bertz CT molecular complexity index is 833. The standard InChI is InChI=1S/C20H24N2O4S/c23-20(21-13-16-26-18-7-3-1-4-8-18)17-11-14-22(15-12-17)27(24,25)19-9-5-2-6-10-19/h1-10,17H,11-16H2,(H,21,23). The van der Waals surface area contributed by atoms with E-state index in [0.29, 0.717) is 44.0 Å². The number of carbonyl (C=O) groups excluding carboxylic acids is 1. The molecule has 0 saturated carbocycles. The molecule has 0 bridgehead atoms. The monoisotopic (exact) mass is 388 g/mol. The van der Waals surface area contributed by atoms with E-state index < -0.39 is 10.0 Å². The highest BCUT2D eigenvalue weighted by atomic mass is 32.2. The van der Waals surface area contributed by atoms with Crippen molar-refractivity contribution in [3.63, 3.8) is 0 Å². The molecule has 144 valence electrons. The van der Waals surface area contributed by atoms with Crippen molar-refractivity contribution in [2.75, 3.05) is 26.2 Å². The SMILES string of the molecule is O=C(NCCOc1ccccc1)C1CCN(S(=O)(=O)c2ccccc2)CC1. The molecule has 0 atom stereocenters. The van der Waals surface area contributed by atoms with Gasteiger partial charge < -0.3 is 10.1 Å². The van der Waals surface area contributed by atoms with Gasteiger partial charge in [-0.05, 0) is 37.1 Å². The third-order valence-corrected chi connectivity index (χ3v) is 6.53. The van der Waals surface area contributed by atoms with Crippen LogP contribution in [0.1, 0.15) is 12.8 Å². The molecule has 0 aliphatic carbocycles. The largest absolute Gasteiger partial charge is 0.492 e. The van der Waals surface area contributed by atoms with E-state index in [1.54, 1.807) is 30.3 Å². The number of nitrogens with zero attached hydrogens (tertiary/aromatic N) is 1. The molecule has 0 spiro atoms. The first-order chi connectivity index (χ1) is 13.1. The molecule has 1 N–H and O–H groups in total. The van der Waals surface area contributed by atoms with E-state index in [1.807, 2.05) is 30.3 Å². The number of ether oxygens (including phenoxy) is 1. The lowest BCUT2D eigenvalue weighted by molar-refractivity contribution is -0.126. The summed E-state index contributed by atoms with van der Waals surface area (Å²) in [6.45, 7) is 1.54. The number of benzene rings is 2. The molecular weight excluding hydrogens is 364 g/mol. The Morgan fingerprint density at radius 3 is 2.22 bits per heavy atom. The van der Waals surface area contributed by atoms with Crippen LogP contribution in [0.2, 0.25) is 0 Å². The summed E-state index contributed by atoms with van der Waals surface area (Å²) in [5.41, 5.74) is 0. The molecule has 1 aliphatic rings. The lowest BCUT2D eigenvalue weighted by atomic mass is 9.97. The fourth-order valence-electron chi connectivity index (χ4n) is 3.10. The maximum absolute atomic E-state index is 12.6. The predicted molar refractivity (Wildman–Crippen MR) is 103 cm³/mol. The number of sulfonamides is 1. The number of carbonyl (C=O) groups is 1. The number of para-hydroxylation sites is 1. The topological polar surface area (TPSA) is 75.7 Å². The van der Waals surface area contributed by atoms with E-state index in [9.17, 15) is 13.2 Å². The van der Waals surface area contributed by atoms with Gasteiger partial charge in [0.25, 0.3) is 0 Å². The number of nitrogens with one attached hydrogen (secondary N) is 1. The van der Waals surface area contributed by atoms with Crippen LogP contribution in [0.5, 0.6) is 5.75 Å². The molecule has 1 heterocycles. The molecule has 2 aromatic rings. The number of rotatable bonds is 7. The van der Waals surface area contributed by atoms with Crippen molar-refractivity contribution in [1.82, 2.24) is 9.62 Å². The van der Waals surface area contributed by atoms with E-state index in [0.717, 1.165) is 5.75 Å². The summed E-state index contributed by atoms with van der Waals surface area (Å²) < 4.78 is 32.3. The normalized spacial score (nSPS) is 16.0. The average Bonchev–Trinajstić information content (AvgIpc) is 2.72. The Balaban J connectivity index is 1.43. The van der Waals surface area contributed by atoms with Crippen molar-refractivity contribution in [3.05, 3.63) is 60.7 Å². The van der Waals surface area contributed by atoms with Gasteiger partial charge >= 0.3 is 0 Å². The highest BCUT2D eigenvalue weighted by Crippen LogP contribution is 2.23. The maximum Gasteiger partial charge on any atom is 0.243 e. The zero-order valence-corrected chi connectivity index (χ0v) is 15.9.